The van der Waals surface area contributed by atoms with Gasteiger partial charge in [-0.05, 0) is 72.2 Å². The summed E-state index contributed by atoms with van der Waals surface area (Å²) in [6, 6.07) is 20.8. The van der Waals surface area contributed by atoms with Crippen LogP contribution >= 0.6 is 0 Å². The second kappa shape index (κ2) is 8.52. The van der Waals surface area contributed by atoms with Crippen LogP contribution in [0.1, 0.15) is 71.9 Å². The summed E-state index contributed by atoms with van der Waals surface area (Å²) in [5.74, 6) is 1.35. The lowest BCUT2D eigenvalue weighted by molar-refractivity contribution is 0.470. The first kappa shape index (κ1) is 20.0. The Morgan fingerprint density at radius 3 is 1.18 bits per heavy atom. The fourth-order valence-electron chi connectivity index (χ4n) is 4.08. The van der Waals surface area contributed by atoms with Crippen LogP contribution in [0.4, 0.5) is 0 Å². The van der Waals surface area contributed by atoms with Crippen molar-refractivity contribution in [3.8, 4) is 11.5 Å². The Balaban J connectivity index is 1.90. The molecule has 0 radical (unpaired) electrons. The number of phenolic OH excluding ortho intramolecular Hbond substituents is 2. The molecule has 2 nitrogen and oxygen atoms in total. The molecule has 3 rings (SSSR count). The molecule has 0 aliphatic rings. The molecule has 0 fully saturated rings. The fraction of sp³-hybridized carbons (Fsp3) is 0.308. The van der Waals surface area contributed by atoms with Crippen LogP contribution in [0.5, 0.6) is 11.5 Å². The first-order valence-corrected chi connectivity index (χ1v) is 10.1. The molecule has 2 N–H and O–H groups in total. The summed E-state index contributed by atoms with van der Waals surface area (Å²) >= 11 is 0. The highest BCUT2D eigenvalue weighted by molar-refractivity contribution is 5.43. The van der Waals surface area contributed by atoms with Gasteiger partial charge in [0.1, 0.15) is 11.5 Å². The molecular formula is C26H30O2. The van der Waals surface area contributed by atoms with Gasteiger partial charge in [-0.25, -0.2) is 0 Å². The summed E-state index contributed by atoms with van der Waals surface area (Å²) in [5, 5.41) is 19.6. The number of phenols is 2. The molecule has 0 spiro atoms. The predicted octanol–water partition coefficient (Wildman–Crippen LogP) is 6.80. The third-order valence-electron chi connectivity index (χ3n) is 5.80. The van der Waals surface area contributed by atoms with Crippen LogP contribution in [0.2, 0.25) is 0 Å². The summed E-state index contributed by atoms with van der Waals surface area (Å²) in [6.07, 6.45) is 2.02. The quantitative estimate of drug-likeness (QED) is 0.498. The molecular weight excluding hydrogens is 344 g/mol. The average Bonchev–Trinajstić information content (AvgIpc) is 2.69. The molecule has 3 aromatic rings. The molecule has 2 heteroatoms. The van der Waals surface area contributed by atoms with Gasteiger partial charge in [-0.3, -0.25) is 0 Å². The highest BCUT2D eigenvalue weighted by Crippen LogP contribution is 2.34. The third-order valence-corrected chi connectivity index (χ3v) is 5.80. The summed E-state index contributed by atoms with van der Waals surface area (Å²) < 4.78 is 0. The van der Waals surface area contributed by atoms with Gasteiger partial charge in [0.15, 0.2) is 0 Å². The van der Waals surface area contributed by atoms with Gasteiger partial charge in [0.25, 0.3) is 0 Å². The van der Waals surface area contributed by atoms with E-state index < -0.39 is 0 Å². The summed E-state index contributed by atoms with van der Waals surface area (Å²) in [6.45, 7) is 8.30. The molecule has 0 bridgehead atoms. The zero-order valence-electron chi connectivity index (χ0n) is 17.2. The zero-order chi connectivity index (χ0) is 20.3. The normalized spacial score (nSPS) is 13.3. The molecule has 3 aromatic carbocycles. The maximum Gasteiger partial charge on any atom is 0.118 e. The van der Waals surface area contributed by atoms with Crippen molar-refractivity contribution in [3.63, 3.8) is 0 Å². The van der Waals surface area contributed by atoms with Gasteiger partial charge in [-0.1, -0.05) is 62.4 Å². The first-order valence-electron chi connectivity index (χ1n) is 10.1. The van der Waals surface area contributed by atoms with E-state index in [-0.39, 0.29) is 0 Å². The van der Waals surface area contributed by atoms with Gasteiger partial charge in [0.05, 0.1) is 0 Å². The lowest BCUT2D eigenvalue weighted by Crippen LogP contribution is -2.03. The summed E-state index contributed by atoms with van der Waals surface area (Å²) in [4.78, 5) is 0. The largest absolute Gasteiger partial charge is 0.508 e. The van der Waals surface area contributed by atoms with Crippen LogP contribution in [0, 0.1) is 13.8 Å². The Hall–Kier alpha value is -2.74. The van der Waals surface area contributed by atoms with Crippen LogP contribution in [0.3, 0.4) is 0 Å². The summed E-state index contributed by atoms with van der Waals surface area (Å²) in [7, 11) is 0. The van der Waals surface area contributed by atoms with Gasteiger partial charge in [0, 0.05) is 11.8 Å². The van der Waals surface area contributed by atoms with Crippen molar-refractivity contribution in [1.29, 1.82) is 0 Å². The van der Waals surface area contributed by atoms with Crippen molar-refractivity contribution in [2.75, 3.05) is 0 Å². The zero-order valence-corrected chi connectivity index (χ0v) is 17.2. The van der Waals surface area contributed by atoms with Gasteiger partial charge in [0.2, 0.25) is 0 Å². The van der Waals surface area contributed by atoms with Crippen LogP contribution in [0.15, 0.2) is 60.7 Å². The number of aromatic hydroxyl groups is 2. The van der Waals surface area contributed by atoms with E-state index in [9.17, 15) is 10.2 Å². The van der Waals surface area contributed by atoms with E-state index in [1.807, 2.05) is 26.0 Å². The molecule has 0 saturated carbocycles. The molecule has 0 aliphatic carbocycles. The lowest BCUT2D eigenvalue weighted by atomic mass is 9.84. The second-order valence-corrected chi connectivity index (χ2v) is 7.68. The minimum atomic E-state index is 0.323. The maximum absolute atomic E-state index is 9.82. The minimum Gasteiger partial charge on any atom is -0.508 e. The van der Waals surface area contributed by atoms with E-state index in [2.05, 4.69) is 50.2 Å². The number of hydrogen-bond acceptors (Lipinski definition) is 2. The van der Waals surface area contributed by atoms with E-state index in [4.69, 9.17) is 0 Å². The molecule has 28 heavy (non-hydrogen) atoms. The van der Waals surface area contributed by atoms with Crippen molar-refractivity contribution in [1.82, 2.24) is 0 Å². The Labute approximate surface area is 168 Å². The van der Waals surface area contributed by atoms with Crippen molar-refractivity contribution >= 4 is 0 Å². The molecule has 0 amide bonds. The van der Waals surface area contributed by atoms with Gasteiger partial charge in [-0.15, -0.1) is 0 Å². The van der Waals surface area contributed by atoms with Crippen molar-refractivity contribution < 1.29 is 10.2 Å². The SMILES string of the molecule is CCC(c1ccc(C(CC)c2ccc(O)c(C)c2)cc1)c1ccc(O)c(C)c1. The second-order valence-electron chi connectivity index (χ2n) is 7.68. The number of rotatable bonds is 6. The van der Waals surface area contributed by atoms with Crippen LogP contribution < -0.4 is 0 Å². The van der Waals surface area contributed by atoms with E-state index in [1.165, 1.54) is 22.3 Å². The van der Waals surface area contributed by atoms with E-state index in [1.54, 1.807) is 12.1 Å². The molecule has 2 unspecified atom stereocenters. The van der Waals surface area contributed by atoms with E-state index in [0.29, 0.717) is 23.3 Å². The predicted molar refractivity (Wildman–Crippen MR) is 116 cm³/mol. The maximum atomic E-state index is 9.82. The summed E-state index contributed by atoms with van der Waals surface area (Å²) in [5.41, 5.74) is 6.92. The molecule has 0 aliphatic heterocycles. The Bertz CT molecular complexity index is 863. The Kier molecular flexibility index (Phi) is 6.08. The van der Waals surface area contributed by atoms with E-state index >= 15 is 0 Å². The number of aryl methyl sites for hydroxylation is 2. The molecule has 146 valence electrons. The van der Waals surface area contributed by atoms with Gasteiger partial charge >= 0.3 is 0 Å². The highest BCUT2D eigenvalue weighted by atomic mass is 16.3. The third kappa shape index (κ3) is 4.06. The monoisotopic (exact) mass is 374 g/mol. The van der Waals surface area contributed by atoms with Gasteiger partial charge < -0.3 is 10.2 Å². The van der Waals surface area contributed by atoms with Crippen LogP contribution in [-0.2, 0) is 0 Å². The van der Waals surface area contributed by atoms with Crippen molar-refractivity contribution in [2.45, 2.75) is 52.4 Å². The minimum absolute atomic E-state index is 0.323. The van der Waals surface area contributed by atoms with Crippen LogP contribution in [-0.4, -0.2) is 10.2 Å². The standard InChI is InChI=1S/C26H30O2/c1-5-23(21-11-13-25(27)17(3)15-21)19-7-9-20(10-8-19)24(6-2)22-12-14-26(28)18(4)16-22/h7-16,23-24,27-28H,5-6H2,1-4H3. The molecule has 0 aromatic heterocycles. The van der Waals surface area contributed by atoms with Crippen LogP contribution in [0.25, 0.3) is 0 Å². The van der Waals surface area contributed by atoms with Crippen molar-refractivity contribution in [3.05, 3.63) is 94.0 Å². The lowest BCUT2D eigenvalue weighted by Gasteiger charge is -2.20. The average molecular weight is 375 g/mol. The number of hydrogen-bond donors (Lipinski definition) is 2. The van der Waals surface area contributed by atoms with E-state index in [0.717, 1.165) is 24.0 Å². The number of benzene rings is 3. The Morgan fingerprint density at radius 2 is 0.893 bits per heavy atom. The smallest absolute Gasteiger partial charge is 0.118 e. The fourth-order valence-corrected chi connectivity index (χ4v) is 4.08. The molecule has 0 saturated heterocycles. The first-order chi connectivity index (χ1) is 13.4. The topological polar surface area (TPSA) is 40.5 Å². The highest BCUT2D eigenvalue weighted by Gasteiger charge is 2.16. The van der Waals surface area contributed by atoms with Crippen molar-refractivity contribution in [2.24, 2.45) is 0 Å². The van der Waals surface area contributed by atoms with Gasteiger partial charge in [-0.2, -0.15) is 0 Å². The molecule has 2 atom stereocenters. The Morgan fingerprint density at radius 1 is 0.571 bits per heavy atom. The molecule has 0 heterocycles.